The van der Waals surface area contributed by atoms with E-state index >= 15 is 0 Å². The van der Waals surface area contributed by atoms with E-state index in [0.29, 0.717) is 11.4 Å². The Morgan fingerprint density at radius 3 is 2.83 bits per heavy atom. The Morgan fingerprint density at radius 2 is 2.28 bits per heavy atom. The Bertz CT molecular complexity index is 440. The second-order valence-corrected chi connectivity index (χ2v) is 5.45. The van der Waals surface area contributed by atoms with Gasteiger partial charge in [0.05, 0.1) is 10.5 Å². The van der Waals surface area contributed by atoms with Gasteiger partial charge in [0, 0.05) is 12.3 Å². The van der Waals surface area contributed by atoms with Crippen molar-refractivity contribution < 1.29 is 10.0 Å². The molecule has 0 radical (unpaired) electrons. The number of rotatable bonds is 6. The van der Waals surface area contributed by atoms with Crippen LogP contribution in [0.4, 0.5) is 11.4 Å². The van der Waals surface area contributed by atoms with Gasteiger partial charge in [-0.25, -0.2) is 0 Å². The summed E-state index contributed by atoms with van der Waals surface area (Å²) in [5, 5.41) is 23.8. The molecule has 2 N–H and O–H groups in total. The van der Waals surface area contributed by atoms with Crippen molar-refractivity contribution in [1.82, 2.24) is 0 Å². The lowest BCUT2D eigenvalue weighted by Gasteiger charge is -2.23. The number of halogens is 1. The van der Waals surface area contributed by atoms with Gasteiger partial charge in [0.15, 0.2) is 0 Å². The van der Waals surface area contributed by atoms with Crippen LogP contribution in [-0.4, -0.2) is 34.2 Å². The molecule has 0 saturated carbocycles. The average molecular weight is 291 g/mol. The first-order valence-corrected chi connectivity index (χ1v) is 7.02. The number of hydrogen-bond donors (Lipinski definition) is 2. The molecule has 0 aliphatic rings. The van der Waals surface area contributed by atoms with Crippen molar-refractivity contribution in [2.45, 2.75) is 12.5 Å². The number of aliphatic hydroxyl groups is 1. The van der Waals surface area contributed by atoms with Crippen molar-refractivity contribution in [3.63, 3.8) is 0 Å². The maximum Gasteiger partial charge on any atom is 0.310 e. The summed E-state index contributed by atoms with van der Waals surface area (Å²) >= 11 is 7.29. The number of benzene rings is 1. The normalized spacial score (nSPS) is 14.0. The minimum atomic E-state index is -0.935. The maximum absolute atomic E-state index is 10.9. The zero-order chi connectivity index (χ0) is 13.8. The molecule has 0 bridgehead atoms. The number of nitrogens with zero attached hydrogens (tertiary/aromatic N) is 1. The minimum absolute atomic E-state index is 0.0782. The van der Waals surface area contributed by atoms with E-state index in [4.69, 9.17) is 11.6 Å². The van der Waals surface area contributed by atoms with Gasteiger partial charge in [0.1, 0.15) is 10.7 Å². The highest BCUT2D eigenvalue weighted by molar-refractivity contribution is 7.98. The lowest BCUT2D eigenvalue weighted by molar-refractivity contribution is -0.383. The molecule has 0 spiro atoms. The molecule has 0 aromatic heterocycles. The van der Waals surface area contributed by atoms with Crippen LogP contribution >= 0.6 is 23.4 Å². The first kappa shape index (κ1) is 15.1. The van der Waals surface area contributed by atoms with Crippen LogP contribution in [0.1, 0.15) is 6.92 Å². The van der Waals surface area contributed by atoms with Crippen molar-refractivity contribution in [2.75, 3.05) is 23.9 Å². The first-order chi connectivity index (χ1) is 8.37. The molecule has 0 heterocycles. The average Bonchev–Trinajstić information content (AvgIpc) is 2.26. The van der Waals surface area contributed by atoms with Crippen LogP contribution in [0, 0.1) is 10.1 Å². The van der Waals surface area contributed by atoms with Gasteiger partial charge in [0.25, 0.3) is 0 Å². The highest BCUT2D eigenvalue weighted by atomic mass is 35.5. The summed E-state index contributed by atoms with van der Waals surface area (Å²) < 4.78 is 0. The molecule has 0 saturated heterocycles. The summed E-state index contributed by atoms with van der Waals surface area (Å²) in [6, 6.07) is 4.66. The number of para-hydroxylation sites is 1. The van der Waals surface area contributed by atoms with Crippen LogP contribution in [0.3, 0.4) is 0 Å². The summed E-state index contributed by atoms with van der Waals surface area (Å²) in [6.45, 7) is 1.89. The molecule has 1 unspecified atom stereocenters. The van der Waals surface area contributed by atoms with E-state index in [2.05, 4.69) is 5.32 Å². The van der Waals surface area contributed by atoms with Crippen LogP contribution in [0.25, 0.3) is 0 Å². The molecule has 5 nitrogen and oxygen atoms in total. The summed E-state index contributed by atoms with van der Waals surface area (Å²) in [5.41, 5.74) is -0.789. The third-order valence-electron chi connectivity index (χ3n) is 2.28. The number of anilines is 1. The molecule has 1 aromatic rings. The lowest BCUT2D eigenvalue weighted by Crippen LogP contribution is -2.36. The second kappa shape index (κ2) is 6.26. The fraction of sp³-hybridized carbons (Fsp3) is 0.455. The predicted octanol–water partition coefficient (Wildman–Crippen LogP) is 2.77. The Morgan fingerprint density at radius 1 is 1.61 bits per heavy atom. The number of nitrogens with one attached hydrogen (secondary N) is 1. The zero-order valence-corrected chi connectivity index (χ0v) is 11.7. The molecule has 1 atom stereocenters. The molecule has 1 aromatic carbocycles. The topological polar surface area (TPSA) is 75.4 Å². The Labute approximate surface area is 115 Å². The molecule has 18 heavy (non-hydrogen) atoms. The molecule has 100 valence electrons. The second-order valence-electron chi connectivity index (χ2n) is 4.18. The molecule has 7 heteroatoms. The van der Waals surface area contributed by atoms with Crippen molar-refractivity contribution in [2.24, 2.45) is 0 Å². The van der Waals surface area contributed by atoms with Crippen LogP contribution in [0.15, 0.2) is 18.2 Å². The smallest absolute Gasteiger partial charge is 0.310 e. The third kappa shape index (κ3) is 4.04. The van der Waals surface area contributed by atoms with Crippen molar-refractivity contribution in [3.05, 3.63) is 33.3 Å². The van der Waals surface area contributed by atoms with Crippen molar-refractivity contribution in [1.29, 1.82) is 0 Å². The van der Waals surface area contributed by atoms with E-state index in [1.165, 1.54) is 17.8 Å². The number of nitro benzene ring substituents is 1. The Hall–Kier alpha value is -0.980. The zero-order valence-electron chi connectivity index (χ0n) is 10.1. The molecule has 1 rings (SSSR count). The van der Waals surface area contributed by atoms with E-state index in [-0.39, 0.29) is 17.3 Å². The van der Waals surface area contributed by atoms with Gasteiger partial charge < -0.3 is 10.4 Å². The minimum Gasteiger partial charge on any atom is -0.387 e. The van der Waals surface area contributed by atoms with E-state index in [1.807, 2.05) is 6.26 Å². The van der Waals surface area contributed by atoms with Gasteiger partial charge >= 0.3 is 5.69 Å². The molecular formula is C11H15ClN2O3S. The maximum atomic E-state index is 10.9. The monoisotopic (exact) mass is 290 g/mol. The summed E-state index contributed by atoms with van der Waals surface area (Å²) in [7, 11) is 0. The van der Waals surface area contributed by atoms with Crippen LogP contribution in [0.2, 0.25) is 5.02 Å². The molecule has 0 aliphatic carbocycles. The van der Waals surface area contributed by atoms with Crippen LogP contribution in [-0.2, 0) is 0 Å². The Kier molecular flexibility index (Phi) is 5.25. The fourth-order valence-corrected chi connectivity index (χ4v) is 2.46. The van der Waals surface area contributed by atoms with Gasteiger partial charge in [-0.15, -0.1) is 0 Å². The van der Waals surface area contributed by atoms with Gasteiger partial charge in [-0.1, -0.05) is 17.7 Å². The SMILES string of the molecule is CSCC(C)(O)CNc1cccc(Cl)c1[N+](=O)[O-]. The van der Waals surface area contributed by atoms with E-state index in [9.17, 15) is 15.2 Å². The standard InChI is InChI=1S/C11H15ClN2O3S/c1-11(15,7-18-2)6-13-9-5-3-4-8(12)10(9)14(16)17/h3-5,13,15H,6-7H2,1-2H3. The van der Waals surface area contributed by atoms with Gasteiger partial charge in [-0.2, -0.15) is 11.8 Å². The largest absolute Gasteiger partial charge is 0.387 e. The number of hydrogen-bond acceptors (Lipinski definition) is 5. The van der Waals surface area contributed by atoms with E-state index in [1.54, 1.807) is 19.1 Å². The molecule has 0 amide bonds. The summed E-state index contributed by atoms with van der Waals surface area (Å²) in [6.07, 6.45) is 1.89. The first-order valence-electron chi connectivity index (χ1n) is 5.25. The fourth-order valence-electron chi connectivity index (χ4n) is 1.49. The quantitative estimate of drug-likeness (QED) is 0.622. The highest BCUT2D eigenvalue weighted by Gasteiger charge is 2.23. The molecule has 0 fully saturated rings. The lowest BCUT2D eigenvalue weighted by atomic mass is 10.1. The van der Waals surface area contributed by atoms with Crippen molar-refractivity contribution >= 4 is 34.7 Å². The van der Waals surface area contributed by atoms with E-state index in [0.717, 1.165) is 0 Å². The Balaban J connectivity index is 2.85. The number of nitro groups is 1. The van der Waals surface area contributed by atoms with E-state index < -0.39 is 10.5 Å². The highest BCUT2D eigenvalue weighted by Crippen LogP contribution is 2.32. The van der Waals surface area contributed by atoms with Gasteiger partial charge in [0.2, 0.25) is 0 Å². The van der Waals surface area contributed by atoms with Gasteiger partial charge in [-0.3, -0.25) is 10.1 Å². The predicted molar refractivity (Wildman–Crippen MR) is 75.6 cm³/mol. The van der Waals surface area contributed by atoms with Crippen LogP contribution in [0.5, 0.6) is 0 Å². The number of thioether (sulfide) groups is 1. The molecular weight excluding hydrogens is 276 g/mol. The summed E-state index contributed by atoms with van der Waals surface area (Å²) in [4.78, 5) is 10.4. The van der Waals surface area contributed by atoms with Crippen molar-refractivity contribution in [3.8, 4) is 0 Å². The summed E-state index contributed by atoms with van der Waals surface area (Å²) in [5.74, 6) is 0.536. The van der Waals surface area contributed by atoms with Gasteiger partial charge in [-0.05, 0) is 25.3 Å². The van der Waals surface area contributed by atoms with Crippen LogP contribution < -0.4 is 5.32 Å². The third-order valence-corrected chi connectivity index (χ3v) is 3.50. The molecule has 0 aliphatic heterocycles.